The molecule has 1 N–H and O–H groups in total. The number of thioether (sulfide) groups is 1. The predicted octanol–water partition coefficient (Wildman–Crippen LogP) is 4.01. The lowest BCUT2D eigenvalue weighted by Crippen LogP contribution is -2.30. The van der Waals surface area contributed by atoms with Crippen molar-refractivity contribution in [2.24, 2.45) is 0 Å². The predicted molar refractivity (Wildman–Crippen MR) is 120 cm³/mol. The summed E-state index contributed by atoms with van der Waals surface area (Å²) in [4.78, 5) is 12.6. The quantitative estimate of drug-likeness (QED) is 0.526. The average molecular weight is 425 g/mol. The molecule has 30 heavy (non-hydrogen) atoms. The third kappa shape index (κ3) is 5.70. The van der Waals surface area contributed by atoms with Crippen LogP contribution in [-0.2, 0) is 22.6 Å². The van der Waals surface area contributed by atoms with E-state index in [1.807, 2.05) is 54.8 Å². The van der Waals surface area contributed by atoms with Crippen LogP contribution < -0.4 is 5.32 Å². The minimum atomic E-state index is -0.300. The summed E-state index contributed by atoms with van der Waals surface area (Å²) in [6.07, 6.45) is 0. The Morgan fingerprint density at radius 3 is 2.60 bits per heavy atom. The van der Waals surface area contributed by atoms with Gasteiger partial charge in [0.1, 0.15) is 0 Å². The summed E-state index contributed by atoms with van der Waals surface area (Å²) in [6.45, 7) is 7.65. The smallest absolute Gasteiger partial charge is 0.233 e. The molecule has 7 heteroatoms. The highest BCUT2D eigenvalue weighted by Gasteiger charge is 2.20. The van der Waals surface area contributed by atoms with E-state index in [4.69, 9.17) is 4.74 Å². The van der Waals surface area contributed by atoms with E-state index in [1.54, 1.807) is 7.11 Å². The maximum atomic E-state index is 12.6. The van der Waals surface area contributed by atoms with Crippen LogP contribution >= 0.6 is 11.8 Å². The highest BCUT2D eigenvalue weighted by Crippen LogP contribution is 2.27. The second-order valence-electron chi connectivity index (χ2n) is 7.28. The number of nitrogens with zero attached hydrogens (tertiary/aromatic N) is 3. The van der Waals surface area contributed by atoms with Crippen molar-refractivity contribution in [2.45, 2.75) is 44.3 Å². The fourth-order valence-corrected chi connectivity index (χ4v) is 3.91. The summed E-state index contributed by atoms with van der Waals surface area (Å²) in [5, 5.41) is 12.2. The first-order valence-electron chi connectivity index (χ1n) is 9.97. The van der Waals surface area contributed by atoms with Crippen molar-refractivity contribution in [1.29, 1.82) is 0 Å². The molecule has 0 bridgehead atoms. The minimum absolute atomic E-state index is 0.0287. The number of methoxy groups -OCH3 is 1. The van der Waals surface area contributed by atoms with E-state index < -0.39 is 0 Å². The van der Waals surface area contributed by atoms with Crippen LogP contribution in [0.4, 0.5) is 0 Å². The number of aromatic nitrogens is 3. The van der Waals surface area contributed by atoms with E-state index in [2.05, 4.69) is 34.6 Å². The Bertz CT molecular complexity index is 985. The van der Waals surface area contributed by atoms with Crippen molar-refractivity contribution >= 4 is 17.7 Å². The van der Waals surface area contributed by atoms with E-state index in [9.17, 15) is 4.79 Å². The fraction of sp³-hybridized carbons (Fsp3) is 0.348. The van der Waals surface area contributed by atoms with Crippen molar-refractivity contribution in [2.75, 3.05) is 13.7 Å². The first kappa shape index (κ1) is 22.1. The van der Waals surface area contributed by atoms with Gasteiger partial charge in [-0.3, -0.25) is 9.36 Å². The maximum absolute atomic E-state index is 12.6. The molecule has 0 aliphatic heterocycles. The Morgan fingerprint density at radius 1 is 1.13 bits per heavy atom. The third-order valence-corrected chi connectivity index (χ3v) is 5.83. The number of carbonyl (C=O) groups excluding carboxylic acids is 1. The molecule has 1 atom stereocenters. The van der Waals surface area contributed by atoms with Crippen LogP contribution in [0.2, 0.25) is 0 Å². The molecular formula is C23H28N4O2S. The standard InChI is InChI=1S/C23H28N4O2S/c1-16-8-10-19(11-9-16)15-24-22(28)18(3)30-23-26-25-21(27(23)12-13-29-4)20-7-5-6-17(2)14-20/h5-11,14,18H,12-13,15H2,1-4H3,(H,24,28)/t18-/m0/s1. The van der Waals surface area contributed by atoms with Crippen LogP contribution in [-0.4, -0.2) is 39.6 Å². The van der Waals surface area contributed by atoms with Gasteiger partial charge in [0, 0.05) is 19.2 Å². The summed E-state index contributed by atoms with van der Waals surface area (Å²) in [5.41, 5.74) is 4.44. The number of aryl methyl sites for hydroxylation is 2. The van der Waals surface area contributed by atoms with E-state index in [1.165, 1.54) is 17.3 Å². The zero-order valence-corrected chi connectivity index (χ0v) is 18.7. The molecule has 0 radical (unpaired) electrons. The molecule has 3 rings (SSSR count). The van der Waals surface area contributed by atoms with E-state index in [0.29, 0.717) is 24.9 Å². The zero-order valence-electron chi connectivity index (χ0n) is 17.9. The molecule has 0 saturated carbocycles. The number of amides is 1. The van der Waals surface area contributed by atoms with E-state index in [-0.39, 0.29) is 11.2 Å². The Kier molecular flexibility index (Phi) is 7.65. The molecule has 1 amide bonds. The van der Waals surface area contributed by atoms with Crippen LogP contribution in [0.3, 0.4) is 0 Å². The van der Waals surface area contributed by atoms with Crippen LogP contribution in [0.25, 0.3) is 11.4 Å². The minimum Gasteiger partial charge on any atom is -0.383 e. The molecule has 6 nitrogen and oxygen atoms in total. The lowest BCUT2D eigenvalue weighted by Gasteiger charge is -2.14. The number of hydrogen-bond donors (Lipinski definition) is 1. The van der Waals surface area contributed by atoms with Gasteiger partial charge in [0.25, 0.3) is 0 Å². The van der Waals surface area contributed by atoms with Gasteiger partial charge in [0.2, 0.25) is 5.91 Å². The Hall–Kier alpha value is -2.64. The van der Waals surface area contributed by atoms with Crippen molar-refractivity contribution in [1.82, 2.24) is 20.1 Å². The van der Waals surface area contributed by atoms with Gasteiger partial charge in [-0.2, -0.15) is 0 Å². The first-order valence-corrected chi connectivity index (χ1v) is 10.8. The number of carbonyl (C=O) groups is 1. The highest BCUT2D eigenvalue weighted by atomic mass is 32.2. The third-order valence-electron chi connectivity index (χ3n) is 4.75. The molecule has 1 heterocycles. The second-order valence-corrected chi connectivity index (χ2v) is 8.59. The molecule has 0 saturated heterocycles. The lowest BCUT2D eigenvalue weighted by atomic mass is 10.1. The Labute approximate surface area is 182 Å². The van der Waals surface area contributed by atoms with Crippen LogP contribution in [0.1, 0.15) is 23.6 Å². The molecule has 1 aromatic heterocycles. The van der Waals surface area contributed by atoms with Crippen LogP contribution in [0, 0.1) is 13.8 Å². The number of benzene rings is 2. The van der Waals surface area contributed by atoms with Crippen molar-refractivity contribution in [3.8, 4) is 11.4 Å². The molecule has 0 aliphatic carbocycles. The van der Waals surface area contributed by atoms with Gasteiger partial charge in [-0.25, -0.2) is 0 Å². The Balaban J connectivity index is 1.71. The SMILES string of the molecule is COCCn1c(S[C@@H](C)C(=O)NCc2ccc(C)cc2)nnc1-c1cccc(C)c1. The monoisotopic (exact) mass is 424 g/mol. The van der Waals surface area contributed by atoms with Gasteiger partial charge in [0.05, 0.1) is 18.4 Å². The number of nitrogens with one attached hydrogen (secondary N) is 1. The number of hydrogen-bond acceptors (Lipinski definition) is 5. The van der Waals surface area contributed by atoms with E-state index >= 15 is 0 Å². The van der Waals surface area contributed by atoms with Crippen LogP contribution in [0.5, 0.6) is 0 Å². The molecular weight excluding hydrogens is 396 g/mol. The molecule has 2 aromatic carbocycles. The van der Waals surface area contributed by atoms with Gasteiger partial charge in [0.15, 0.2) is 11.0 Å². The molecule has 0 fully saturated rings. The van der Waals surface area contributed by atoms with Crippen molar-refractivity contribution in [3.63, 3.8) is 0 Å². The van der Waals surface area contributed by atoms with E-state index in [0.717, 1.165) is 22.5 Å². The van der Waals surface area contributed by atoms with Gasteiger partial charge in [-0.1, -0.05) is 65.4 Å². The summed E-state index contributed by atoms with van der Waals surface area (Å²) in [5.74, 6) is 0.754. The zero-order chi connectivity index (χ0) is 21.5. The second kappa shape index (κ2) is 10.4. The number of ether oxygens (including phenoxy) is 1. The van der Waals surface area contributed by atoms with Gasteiger partial charge < -0.3 is 10.1 Å². The van der Waals surface area contributed by atoms with Crippen molar-refractivity contribution < 1.29 is 9.53 Å². The topological polar surface area (TPSA) is 69.0 Å². The normalized spacial score (nSPS) is 12.0. The maximum Gasteiger partial charge on any atom is 0.233 e. The average Bonchev–Trinajstić information content (AvgIpc) is 3.13. The summed E-state index contributed by atoms with van der Waals surface area (Å²) in [7, 11) is 1.67. The van der Waals surface area contributed by atoms with Gasteiger partial charge in [-0.05, 0) is 32.4 Å². The molecule has 0 unspecified atom stereocenters. The Morgan fingerprint density at radius 2 is 1.90 bits per heavy atom. The van der Waals surface area contributed by atoms with Gasteiger partial charge in [-0.15, -0.1) is 10.2 Å². The molecule has 158 valence electrons. The summed E-state index contributed by atoms with van der Waals surface area (Å²) in [6, 6.07) is 16.3. The van der Waals surface area contributed by atoms with Crippen molar-refractivity contribution in [3.05, 3.63) is 65.2 Å². The summed E-state index contributed by atoms with van der Waals surface area (Å²) < 4.78 is 7.29. The highest BCUT2D eigenvalue weighted by molar-refractivity contribution is 8.00. The lowest BCUT2D eigenvalue weighted by molar-refractivity contribution is -0.120. The molecule has 3 aromatic rings. The molecule has 0 aliphatic rings. The van der Waals surface area contributed by atoms with Gasteiger partial charge >= 0.3 is 0 Å². The fourth-order valence-electron chi connectivity index (χ4n) is 3.01. The first-order chi connectivity index (χ1) is 14.5. The molecule has 0 spiro atoms. The number of rotatable bonds is 9. The largest absolute Gasteiger partial charge is 0.383 e. The summed E-state index contributed by atoms with van der Waals surface area (Å²) >= 11 is 1.41. The van der Waals surface area contributed by atoms with Crippen LogP contribution in [0.15, 0.2) is 53.7 Å².